The van der Waals surface area contributed by atoms with E-state index in [0.29, 0.717) is 0 Å². The topological polar surface area (TPSA) is 114 Å². The highest BCUT2D eigenvalue weighted by Crippen LogP contribution is 2.35. The van der Waals surface area contributed by atoms with Crippen LogP contribution in [0.25, 0.3) is 11.0 Å². The van der Waals surface area contributed by atoms with E-state index < -0.39 is 26.8 Å². The molecule has 8 nitrogen and oxygen atoms in total. The van der Waals surface area contributed by atoms with Gasteiger partial charge in [0.2, 0.25) is 10.0 Å². The Hall–Kier alpha value is -2.00. The number of nitrogens with zero attached hydrogens (tertiary/aromatic N) is 2. The summed E-state index contributed by atoms with van der Waals surface area (Å²) in [4.78, 5) is 29.2. The zero-order valence-corrected chi connectivity index (χ0v) is 12.3. The van der Waals surface area contributed by atoms with Crippen molar-refractivity contribution in [1.82, 2.24) is 19.3 Å². The van der Waals surface area contributed by atoms with Gasteiger partial charge in [-0.05, 0) is 25.8 Å². The Bertz CT molecular complexity index is 953. The van der Waals surface area contributed by atoms with E-state index in [1.54, 1.807) is 0 Å². The zero-order chi connectivity index (χ0) is 15.4. The van der Waals surface area contributed by atoms with Crippen LogP contribution in [0.3, 0.4) is 0 Å². The average Bonchev–Trinajstić information content (AvgIpc) is 3.12. The van der Waals surface area contributed by atoms with Crippen molar-refractivity contribution in [2.45, 2.75) is 30.2 Å². The number of rotatable bonds is 3. The molecule has 1 aliphatic carbocycles. The van der Waals surface area contributed by atoms with E-state index in [9.17, 15) is 18.0 Å². The van der Waals surface area contributed by atoms with Crippen molar-refractivity contribution in [3.8, 4) is 0 Å². The standard InChI is InChI=1S/C12H14N4O4S/c1-12(3-4-12)15-21(19,20)7-5-8-9(13-6-7)16(2)11(18)14-10(8)17/h5-6,15H,3-4H2,1-2H3,(H,14,17,18). The van der Waals surface area contributed by atoms with Crippen molar-refractivity contribution in [1.29, 1.82) is 0 Å². The number of aryl methyl sites for hydroxylation is 1. The highest BCUT2D eigenvalue weighted by Gasteiger charge is 2.41. The molecule has 112 valence electrons. The lowest BCUT2D eigenvalue weighted by molar-refractivity contribution is 0.558. The van der Waals surface area contributed by atoms with E-state index in [1.165, 1.54) is 13.1 Å². The van der Waals surface area contributed by atoms with E-state index in [2.05, 4.69) is 14.7 Å². The van der Waals surface area contributed by atoms with Gasteiger partial charge in [-0.3, -0.25) is 14.3 Å². The summed E-state index contributed by atoms with van der Waals surface area (Å²) in [5, 5.41) is 0.0564. The molecule has 1 aliphatic rings. The predicted molar refractivity (Wildman–Crippen MR) is 75.6 cm³/mol. The molecular weight excluding hydrogens is 296 g/mol. The number of hydrogen-bond donors (Lipinski definition) is 2. The van der Waals surface area contributed by atoms with Crippen LogP contribution in [0, 0.1) is 0 Å². The van der Waals surface area contributed by atoms with Crippen LogP contribution in [-0.4, -0.2) is 28.5 Å². The summed E-state index contributed by atoms with van der Waals surface area (Å²) >= 11 is 0. The summed E-state index contributed by atoms with van der Waals surface area (Å²) in [6.07, 6.45) is 2.71. The minimum atomic E-state index is -3.74. The highest BCUT2D eigenvalue weighted by molar-refractivity contribution is 7.89. The lowest BCUT2D eigenvalue weighted by atomic mass is 10.3. The van der Waals surface area contributed by atoms with Crippen LogP contribution in [0.1, 0.15) is 19.8 Å². The Morgan fingerprint density at radius 3 is 2.67 bits per heavy atom. The smallest absolute Gasteiger partial charge is 0.281 e. The summed E-state index contributed by atoms with van der Waals surface area (Å²) in [5.41, 5.74) is -1.53. The van der Waals surface area contributed by atoms with Crippen LogP contribution < -0.4 is 16.0 Å². The molecule has 0 saturated heterocycles. The predicted octanol–water partition coefficient (Wildman–Crippen LogP) is -0.547. The van der Waals surface area contributed by atoms with Crippen molar-refractivity contribution in [3.05, 3.63) is 33.1 Å². The van der Waals surface area contributed by atoms with Crippen LogP contribution in [-0.2, 0) is 17.1 Å². The third-order valence-corrected chi connectivity index (χ3v) is 5.23. The molecule has 3 rings (SSSR count). The molecule has 0 unspecified atom stereocenters. The lowest BCUT2D eigenvalue weighted by Crippen LogP contribution is -2.34. The van der Waals surface area contributed by atoms with Crippen molar-refractivity contribution in [2.24, 2.45) is 7.05 Å². The van der Waals surface area contributed by atoms with Crippen molar-refractivity contribution in [3.63, 3.8) is 0 Å². The maximum absolute atomic E-state index is 12.3. The van der Waals surface area contributed by atoms with Gasteiger partial charge < -0.3 is 0 Å². The van der Waals surface area contributed by atoms with Gasteiger partial charge in [0.15, 0.2) is 0 Å². The number of pyridine rings is 1. The van der Waals surface area contributed by atoms with Crippen LogP contribution in [0.15, 0.2) is 26.7 Å². The quantitative estimate of drug-likeness (QED) is 0.790. The Morgan fingerprint density at radius 2 is 2.05 bits per heavy atom. The first kappa shape index (κ1) is 14.0. The van der Waals surface area contributed by atoms with E-state index in [-0.39, 0.29) is 15.9 Å². The fraction of sp³-hybridized carbons (Fsp3) is 0.417. The second-order valence-corrected chi connectivity index (χ2v) is 7.21. The fourth-order valence-electron chi connectivity index (χ4n) is 2.04. The molecule has 1 fully saturated rings. The largest absolute Gasteiger partial charge is 0.329 e. The summed E-state index contributed by atoms with van der Waals surface area (Å²) in [5.74, 6) is 0. The molecule has 0 aliphatic heterocycles. The first-order valence-corrected chi connectivity index (χ1v) is 7.83. The molecule has 0 bridgehead atoms. The molecule has 0 aromatic carbocycles. The van der Waals surface area contributed by atoms with Crippen molar-refractivity contribution in [2.75, 3.05) is 0 Å². The van der Waals surface area contributed by atoms with Gasteiger partial charge in [0.25, 0.3) is 5.56 Å². The Labute approximate surface area is 119 Å². The molecule has 0 amide bonds. The van der Waals surface area contributed by atoms with Crippen LogP contribution in [0.2, 0.25) is 0 Å². The molecule has 21 heavy (non-hydrogen) atoms. The highest BCUT2D eigenvalue weighted by atomic mass is 32.2. The number of hydrogen-bond acceptors (Lipinski definition) is 5. The first-order valence-electron chi connectivity index (χ1n) is 6.35. The number of nitrogens with one attached hydrogen (secondary N) is 2. The third-order valence-electron chi connectivity index (χ3n) is 3.62. The first-order chi connectivity index (χ1) is 9.72. The summed E-state index contributed by atoms with van der Waals surface area (Å²) in [6.45, 7) is 1.82. The maximum Gasteiger partial charge on any atom is 0.329 e. The van der Waals surface area contributed by atoms with Gasteiger partial charge in [0, 0.05) is 18.8 Å². The molecule has 1 saturated carbocycles. The minimum absolute atomic E-state index is 0.0564. The SMILES string of the molecule is Cn1c(=O)[nH]c(=O)c2cc(S(=O)(=O)NC3(C)CC3)cnc21. The van der Waals surface area contributed by atoms with Crippen molar-refractivity contribution < 1.29 is 8.42 Å². The van der Waals surface area contributed by atoms with Crippen LogP contribution >= 0.6 is 0 Å². The summed E-state index contributed by atoms with van der Waals surface area (Å²) in [6, 6.07) is 1.23. The van der Waals surface area contributed by atoms with Crippen molar-refractivity contribution >= 4 is 21.1 Å². The maximum atomic E-state index is 12.3. The van der Waals surface area contributed by atoms with Gasteiger partial charge in [-0.25, -0.2) is 22.9 Å². The molecule has 9 heteroatoms. The minimum Gasteiger partial charge on any atom is -0.281 e. The fourth-order valence-corrected chi connectivity index (χ4v) is 3.47. The summed E-state index contributed by atoms with van der Waals surface area (Å²) in [7, 11) is -2.29. The molecule has 2 aromatic rings. The molecule has 2 aromatic heterocycles. The lowest BCUT2D eigenvalue weighted by Gasteiger charge is -2.12. The second kappa shape index (κ2) is 4.25. The second-order valence-electron chi connectivity index (χ2n) is 5.53. The Morgan fingerprint density at radius 1 is 1.38 bits per heavy atom. The van der Waals surface area contributed by atoms with Gasteiger partial charge in [-0.1, -0.05) is 0 Å². The summed E-state index contributed by atoms with van der Waals surface area (Å²) < 4.78 is 28.3. The molecule has 2 heterocycles. The number of aromatic amines is 1. The number of fused-ring (bicyclic) bond motifs is 1. The molecule has 2 N–H and O–H groups in total. The zero-order valence-electron chi connectivity index (χ0n) is 11.5. The molecule has 0 radical (unpaired) electrons. The van der Waals surface area contributed by atoms with Gasteiger partial charge in [0.1, 0.15) is 10.5 Å². The normalized spacial score (nSPS) is 17.0. The Kier molecular flexibility index (Phi) is 2.82. The number of sulfonamides is 1. The number of H-pyrrole nitrogens is 1. The van der Waals surface area contributed by atoms with E-state index in [4.69, 9.17) is 0 Å². The third kappa shape index (κ3) is 2.38. The van der Waals surface area contributed by atoms with E-state index in [1.807, 2.05) is 6.92 Å². The van der Waals surface area contributed by atoms with Gasteiger partial charge in [0.05, 0.1) is 5.39 Å². The van der Waals surface area contributed by atoms with Gasteiger partial charge in [-0.15, -0.1) is 0 Å². The molecular formula is C12H14N4O4S. The molecule has 0 spiro atoms. The van der Waals surface area contributed by atoms with Gasteiger partial charge >= 0.3 is 5.69 Å². The van der Waals surface area contributed by atoms with E-state index >= 15 is 0 Å². The monoisotopic (exact) mass is 310 g/mol. The van der Waals surface area contributed by atoms with Gasteiger partial charge in [-0.2, -0.15) is 0 Å². The van der Waals surface area contributed by atoms with E-state index in [0.717, 1.165) is 23.6 Å². The number of aromatic nitrogens is 3. The molecule has 0 atom stereocenters. The van der Waals surface area contributed by atoms with Crippen LogP contribution in [0.4, 0.5) is 0 Å². The Balaban J connectivity index is 2.18. The van der Waals surface area contributed by atoms with Crippen LogP contribution in [0.5, 0.6) is 0 Å². The average molecular weight is 310 g/mol.